The van der Waals surface area contributed by atoms with Crippen LogP contribution in [0.15, 0.2) is 30.6 Å². The van der Waals surface area contributed by atoms with Crippen molar-refractivity contribution in [2.24, 2.45) is 0 Å². The van der Waals surface area contributed by atoms with Crippen LogP contribution in [0.3, 0.4) is 0 Å². The van der Waals surface area contributed by atoms with E-state index in [0.717, 1.165) is 41.4 Å². The number of ether oxygens (including phenoxy) is 2. The lowest BCUT2D eigenvalue weighted by atomic mass is 9.78. The summed E-state index contributed by atoms with van der Waals surface area (Å²) < 4.78 is 10.7. The average molecular weight is 354 g/mol. The van der Waals surface area contributed by atoms with E-state index in [1.54, 1.807) is 6.33 Å². The van der Waals surface area contributed by atoms with E-state index in [2.05, 4.69) is 20.6 Å². The Balaban J connectivity index is 1.22. The highest BCUT2D eigenvalue weighted by Gasteiger charge is 2.32. The molecule has 1 aromatic carbocycles. The fraction of sp³-hybridized carbons (Fsp3) is 0.421. The van der Waals surface area contributed by atoms with Gasteiger partial charge in [-0.3, -0.25) is 4.79 Å². The number of benzene rings is 1. The maximum absolute atomic E-state index is 12.2. The number of aryl methyl sites for hydroxylation is 1. The number of anilines is 1. The minimum atomic E-state index is 0.0877. The molecule has 7 heteroatoms. The second-order valence-electron chi connectivity index (χ2n) is 6.70. The van der Waals surface area contributed by atoms with E-state index in [1.807, 2.05) is 31.3 Å². The number of hydrogen-bond acceptors (Lipinski definition) is 6. The van der Waals surface area contributed by atoms with Gasteiger partial charge in [-0.15, -0.1) is 0 Å². The Morgan fingerprint density at radius 1 is 1.19 bits per heavy atom. The lowest BCUT2D eigenvalue weighted by Crippen LogP contribution is -2.43. The van der Waals surface area contributed by atoms with Crippen molar-refractivity contribution >= 4 is 11.7 Å². The van der Waals surface area contributed by atoms with Crippen molar-refractivity contribution in [3.05, 3.63) is 41.9 Å². The topological polar surface area (TPSA) is 85.4 Å². The molecule has 7 nitrogen and oxygen atoms in total. The first kappa shape index (κ1) is 16.6. The van der Waals surface area contributed by atoms with Crippen LogP contribution in [0, 0.1) is 0 Å². The first-order valence-corrected chi connectivity index (χ1v) is 8.89. The van der Waals surface area contributed by atoms with E-state index >= 15 is 0 Å². The van der Waals surface area contributed by atoms with E-state index in [0.29, 0.717) is 18.8 Å². The van der Waals surface area contributed by atoms with Gasteiger partial charge in [-0.05, 0) is 37.0 Å². The second-order valence-corrected chi connectivity index (χ2v) is 6.70. The molecule has 1 aromatic heterocycles. The third-order valence-electron chi connectivity index (χ3n) is 4.94. The first-order valence-electron chi connectivity index (χ1n) is 8.89. The first-order chi connectivity index (χ1) is 12.7. The number of aromatic nitrogens is 2. The predicted molar refractivity (Wildman–Crippen MR) is 96.4 cm³/mol. The van der Waals surface area contributed by atoms with Crippen molar-refractivity contribution < 1.29 is 14.3 Å². The number of hydrogen-bond donors (Lipinski definition) is 2. The highest BCUT2D eigenvalue weighted by molar-refractivity contribution is 5.76. The van der Waals surface area contributed by atoms with Crippen molar-refractivity contribution in [1.29, 1.82) is 0 Å². The van der Waals surface area contributed by atoms with Crippen LogP contribution in [-0.2, 0) is 11.2 Å². The van der Waals surface area contributed by atoms with Crippen LogP contribution < -0.4 is 20.1 Å². The normalized spacial score (nSPS) is 20.3. The third-order valence-corrected chi connectivity index (χ3v) is 4.94. The number of fused-ring (bicyclic) bond motifs is 1. The van der Waals surface area contributed by atoms with E-state index in [-0.39, 0.29) is 18.7 Å². The monoisotopic (exact) mass is 354 g/mol. The Bertz CT molecular complexity index is 805. The van der Waals surface area contributed by atoms with Crippen molar-refractivity contribution in [1.82, 2.24) is 15.3 Å². The van der Waals surface area contributed by atoms with Crippen LogP contribution in [0.1, 0.15) is 36.4 Å². The Labute approximate surface area is 152 Å². The van der Waals surface area contributed by atoms with Gasteiger partial charge in [0.1, 0.15) is 12.1 Å². The second kappa shape index (κ2) is 7.19. The molecule has 2 aliphatic rings. The maximum atomic E-state index is 12.2. The summed E-state index contributed by atoms with van der Waals surface area (Å²) in [5.74, 6) is 2.83. The van der Waals surface area contributed by atoms with E-state index < -0.39 is 0 Å². The Hall–Kier alpha value is -2.83. The number of nitrogens with one attached hydrogen (secondary N) is 2. The van der Waals surface area contributed by atoms with Crippen LogP contribution in [0.25, 0.3) is 0 Å². The molecule has 2 N–H and O–H groups in total. The Kier molecular flexibility index (Phi) is 4.60. The number of carbonyl (C=O) groups is 1. The van der Waals surface area contributed by atoms with Gasteiger partial charge in [0.05, 0.1) is 0 Å². The minimum Gasteiger partial charge on any atom is -0.454 e. The van der Waals surface area contributed by atoms with Gasteiger partial charge >= 0.3 is 0 Å². The SMILES string of the molecule is CNc1cc(C2CC(NC(=O)CCc3ccc4c(c3)OCO4)C2)ncn1. The van der Waals surface area contributed by atoms with Crippen molar-refractivity contribution in [3.63, 3.8) is 0 Å². The minimum absolute atomic E-state index is 0.0877. The fourth-order valence-electron chi connectivity index (χ4n) is 3.36. The van der Waals surface area contributed by atoms with Crippen molar-refractivity contribution in [2.45, 2.75) is 37.6 Å². The fourth-order valence-corrected chi connectivity index (χ4v) is 3.36. The van der Waals surface area contributed by atoms with Crippen LogP contribution in [0.4, 0.5) is 5.82 Å². The van der Waals surface area contributed by atoms with Crippen molar-refractivity contribution in [2.75, 3.05) is 19.2 Å². The molecule has 1 amide bonds. The molecule has 0 saturated heterocycles. The number of nitrogens with zero attached hydrogens (tertiary/aromatic N) is 2. The summed E-state index contributed by atoms with van der Waals surface area (Å²) in [6.07, 6.45) is 4.60. The molecule has 1 aliphatic carbocycles. The molecule has 26 heavy (non-hydrogen) atoms. The predicted octanol–water partition coefficient (Wildman–Crippen LogP) is 2.24. The number of amides is 1. The van der Waals surface area contributed by atoms with Gasteiger partial charge in [0.2, 0.25) is 12.7 Å². The van der Waals surface area contributed by atoms with Crippen LogP contribution in [-0.4, -0.2) is 35.8 Å². The van der Waals surface area contributed by atoms with Crippen LogP contribution in [0.5, 0.6) is 11.5 Å². The smallest absolute Gasteiger partial charge is 0.231 e. The number of rotatable bonds is 6. The Morgan fingerprint density at radius 2 is 2.04 bits per heavy atom. The van der Waals surface area contributed by atoms with Gasteiger partial charge < -0.3 is 20.1 Å². The standard InChI is InChI=1S/C19H22N4O3/c1-20-18-9-15(21-10-22-18)13-7-14(8-13)23-19(24)5-3-12-2-4-16-17(6-12)26-11-25-16/h2,4,6,9-10,13-14H,3,5,7-8,11H2,1H3,(H,23,24)(H,20,21,22). The Morgan fingerprint density at radius 3 is 2.88 bits per heavy atom. The molecule has 1 aliphatic heterocycles. The van der Waals surface area contributed by atoms with Crippen LogP contribution >= 0.6 is 0 Å². The third kappa shape index (κ3) is 3.56. The summed E-state index contributed by atoms with van der Waals surface area (Å²) in [5.41, 5.74) is 2.12. The average Bonchev–Trinajstić information content (AvgIpc) is 3.10. The molecule has 2 heterocycles. The molecule has 1 fully saturated rings. The maximum Gasteiger partial charge on any atom is 0.231 e. The molecule has 1 saturated carbocycles. The van der Waals surface area contributed by atoms with Crippen molar-refractivity contribution in [3.8, 4) is 11.5 Å². The van der Waals surface area contributed by atoms with Gasteiger partial charge in [0.25, 0.3) is 0 Å². The summed E-state index contributed by atoms with van der Waals surface area (Å²) in [4.78, 5) is 20.7. The van der Waals surface area contributed by atoms with Gasteiger partial charge in [-0.25, -0.2) is 9.97 Å². The molecular weight excluding hydrogens is 332 g/mol. The molecule has 0 spiro atoms. The van der Waals surface area contributed by atoms with E-state index in [1.165, 1.54) is 0 Å². The summed E-state index contributed by atoms with van der Waals surface area (Å²) in [5, 5.41) is 6.14. The zero-order valence-corrected chi connectivity index (χ0v) is 14.7. The lowest BCUT2D eigenvalue weighted by molar-refractivity contribution is -0.122. The summed E-state index contributed by atoms with van der Waals surface area (Å²) >= 11 is 0. The molecule has 4 rings (SSSR count). The summed E-state index contributed by atoms with van der Waals surface area (Å²) in [6, 6.07) is 8.03. The van der Waals surface area contributed by atoms with E-state index in [4.69, 9.17) is 9.47 Å². The van der Waals surface area contributed by atoms with Gasteiger partial charge in [-0.2, -0.15) is 0 Å². The zero-order valence-electron chi connectivity index (χ0n) is 14.7. The molecule has 136 valence electrons. The van der Waals surface area contributed by atoms with E-state index in [9.17, 15) is 4.79 Å². The summed E-state index contributed by atoms with van der Waals surface area (Å²) in [7, 11) is 1.84. The molecule has 0 unspecified atom stereocenters. The molecule has 2 aromatic rings. The highest BCUT2D eigenvalue weighted by atomic mass is 16.7. The molecular formula is C19H22N4O3. The van der Waals surface area contributed by atoms with Gasteiger partial charge in [-0.1, -0.05) is 6.07 Å². The van der Waals surface area contributed by atoms with Gasteiger partial charge in [0.15, 0.2) is 11.5 Å². The zero-order chi connectivity index (χ0) is 17.9. The van der Waals surface area contributed by atoms with Crippen LogP contribution in [0.2, 0.25) is 0 Å². The molecule has 0 radical (unpaired) electrons. The highest BCUT2D eigenvalue weighted by Crippen LogP contribution is 2.36. The largest absolute Gasteiger partial charge is 0.454 e. The molecule has 0 atom stereocenters. The number of carbonyl (C=O) groups excluding carboxylic acids is 1. The van der Waals surface area contributed by atoms with Gasteiger partial charge in [0, 0.05) is 37.2 Å². The quantitative estimate of drug-likeness (QED) is 0.828. The summed E-state index contributed by atoms with van der Waals surface area (Å²) in [6.45, 7) is 0.268. The lowest BCUT2D eigenvalue weighted by Gasteiger charge is -2.35. The molecule has 0 bridgehead atoms.